The number of rotatable bonds is 7. The molecule has 1 heterocycles. The summed E-state index contributed by atoms with van der Waals surface area (Å²) < 4.78 is 32.0. The van der Waals surface area contributed by atoms with Crippen LogP contribution in [0.2, 0.25) is 0 Å². The molecule has 3 rings (SSSR count). The van der Waals surface area contributed by atoms with Crippen molar-refractivity contribution in [3.63, 3.8) is 0 Å². The second kappa shape index (κ2) is 8.35. The Morgan fingerprint density at radius 2 is 1.96 bits per heavy atom. The molecule has 0 amide bonds. The summed E-state index contributed by atoms with van der Waals surface area (Å²) in [6.45, 7) is 0. The fourth-order valence-electron chi connectivity index (χ4n) is 2.16. The molecule has 0 aliphatic carbocycles. The zero-order chi connectivity index (χ0) is 17.6. The van der Waals surface area contributed by atoms with E-state index in [4.69, 9.17) is 4.74 Å². The summed E-state index contributed by atoms with van der Waals surface area (Å²) in [5, 5.41) is 5.08. The number of para-hydroxylation sites is 1. The van der Waals surface area contributed by atoms with E-state index in [9.17, 15) is 8.78 Å². The van der Waals surface area contributed by atoms with Crippen molar-refractivity contribution in [3.8, 4) is 11.4 Å². The van der Waals surface area contributed by atoms with Gasteiger partial charge in [0.25, 0.3) is 5.76 Å². The SMILES string of the molecule is COc1cc(CSc2ncn(-c3ccccc3)n2)ccc1SC(F)F. The van der Waals surface area contributed by atoms with E-state index in [1.54, 1.807) is 23.1 Å². The number of alkyl halides is 2. The molecule has 25 heavy (non-hydrogen) atoms. The van der Waals surface area contributed by atoms with Gasteiger partial charge >= 0.3 is 0 Å². The van der Waals surface area contributed by atoms with Gasteiger partial charge in [0.2, 0.25) is 5.16 Å². The molecule has 3 aromatic rings. The molecule has 0 bridgehead atoms. The van der Waals surface area contributed by atoms with Crippen LogP contribution in [0.25, 0.3) is 5.69 Å². The monoisotopic (exact) mass is 379 g/mol. The molecule has 8 heteroatoms. The second-order valence-electron chi connectivity index (χ2n) is 4.96. The van der Waals surface area contributed by atoms with Crippen LogP contribution in [0.15, 0.2) is 64.9 Å². The van der Waals surface area contributed by atoms with Crippen LogP contribution in [0.3, 0.4) is 0 Å². The molecular formula is C17H15F2N3OS2. The molecular weight excluding hydrogens is 364 g/mol. The molecule has 0 atom stereocenters. The van der Waals surface area contributed by atoms with Crippen LogP contribution in [0.4, 0.5) is 8.78 Å². The first-order valence-corrected chi connectivity index (χ1v) is 9.24. The molecule has 0 aliphatic heterocycles. The van der Waals surface area contributed by atoms with E-state index in [1.165, 1.54) is 18.9 Å². The summed E-state index contributed by atoms with van der Waals surface area (Å²) in [7, 11) is 1.48. The first kappa shape index (κ1) is 17.8. The van der Waals surface area contributed by atoms with Gasteiger partial charge in [0, 0.05) is 5.75 Å². The van der Waals surface area contributed by atoms with Gasteiger partial charge in [-0.15, -0.1) is 5.10 Å². The predicted octanol–water partition coefficient (Wildman–Crippen LogP) is 4.88. The number of ether oxygens (including phenoxy) is 1. The number of benzene rings is 2. The number of hydrogen-bond donors (Lipinski definition) is 0. The van der Waals surface area contributed by atoms with Gasteiger partial charge in [-0.1, -0.05) is 47.8 Å². The summed E-state index contributed by atoms with van der Waals surface area (Å²) in [5.74, 6) is -1.40. The van der Waals surface area contributed by atoms with Gasteiger partial charge in [0.1, 0.15) is 12.1 Å². The van der Waals surface area contributed by atoms with Crippen molar-refractivity contribution in [1.82, 2.24) is 14.8 Å². The maximum absolute atomic E-state index is 12.5. The molecule has 0 N–H and O–H groups in total. The zero-order valence-corrected chi connectivity index (χ0v) is 14.9. The molecule has 0 fully saturated rings. The van der Waals surface area contributed by atoms with Crippen molar-refractivity contribution < 1.29 is 13.5 Å². The smallest absolute Gasteiger partial charge is 0.289 e. The Bertz CT molecular complexity index is 828. The molecule has 130 valence electrons. The number of hydrogen-bond acceptors (Lipinski definition) is 5. The number of nitrogens with zero attached hydrogens (tertiary/aromatic N) is 3. The van der Waals surface area contributed by atoms with Crippen molar-refractivity contribution in [2.45, 2.75) is 21.6 Å². The van der Waals surface area contributed by atoms with Crippen LogP contribution in [0, 0.1) is 0 Å². The van der Waals surface area contributed by atoms with Crippen LogP contribution in [-0.4, -0.2) is 27.6 Å². The molecule has 0 saturated carbocycles. The van der Waals surface area contributed by atoms with Gasteiger partial charge in [-0.2, -0.15) is 8.78 Å². The summed E-state index contributed by atoms with van der Waals surface area (Å²) in [4.78, 5) is 4.72. The van der Waals surface area contributed by atoms with Gasteiger partial charge in [0.05, 0.1) is 17.7 Å². The van der Waals surface area contributed by atoms with E-state index < -0.39 is 5.76 Å². The van der Waals surface area contributed by atoms with Crippen molar-refractivity contribution >= 4 is 23.5 Å². The van der Waals surface area contributed by atoms with Crippen molar-refractivity contribution in [2.24, 2.45) is 0 Å². The highest BCUT2D eigenvalue weighted by Gasteiger charge is 2.12. The lowest BCUT2D eigenvalue weighted by Crippen LogP contribution is -1.94. The second-order valence-corrected chi connectivity index (χ2v) is 6.93. The topological polar surface area (TPSA) is 39.9 Å². The molecule has 2 aromatic carbocycles. The fourth-order valence-corrected chi connectivity index (χ4v) is 3.50. The van der Waals surface area contributed by atoms with Crippen LogP contribution >= 0.6 is 23.5 Å². The van der Waals surface area contributed by atoms with Gasteiger partial charge in [-0.25, -0.2) is 9.67 Å². The van der Waals surface area contributed by atoms with Crippen molar-refractivity contribution in [3.05, 3.63) is 60.4 Å². The molecule has 0 saturated heterocycles. The highest BCUT2D eigenvalue weighted by Crippen LogP contribution is 2.35. The van der Waals surface area contributed by atoms with Crippen molar-refractivity contribution in [2.75, 3.05) is 7.11 Å². The third kappa shape index (κ3) is 4.73. The summed E-state index contributed by atoms with van der Waals surface area (Å²) >= 11 is 1.96. The van der Waals surface area contributed by atoms with E-state index in [2.05, 4.69) is 10.1 Å². The van der Waals surface area contributed by atoms with Gasteiger partial charge < -0.3 is 4.74 Å². The standard InChI is InChI=1S/C17H15F2N3OS2/c1-23-14-9-12(7-8-15(14)25-16(18)19)10-24-17-20-11-22(21-17)13-5-3-2-4-6-13/h2-9,11,16H,10H2,1H3. The minimum Gasteiger partial charge on any atom is -0.496 e. The Labute approximate surface area is 152 Å². The highest BCUT2D eigenvalue weighted by atomic mass is 32.2. The maximum atomic E-state index is 12.5. The lowest BCUT2D eigenvalue weighted by molar-refractivity contribution is 0.251. The first-order chi connectivity index (χ1) is 12.2. The molecule has 1 aromatic heterocycles. The minimum atomic E-state index is -2.47. The first-order valence-electron chi connectivity index (χ1n) is 7.37. The van der Waals surface area contributed by atoms with E-state index >= 15 is 0 Å². The van der Waals surface area contributed by atoms with Crippen LogP contribution in [0.1, 0.15) is 5.56 Å². The Morgan fingerprint density at radius 3 is 2.68 bits per heavy atom. The summed E-state index contributed by atoms with van der Waals surface area (Å²) in [6, 6.07) is 15.0. The highest BCUT2D eigenvalue weighted by molar-refractivity contribution is 7.99. The number of methoxy groups -OCH3 is 1. The molecule has 0 spiro atoms. The van der Waals surface area contributed by atoms with Crippen LogP contribution in [0.5, 0.6) is 5.75 Å². The quantitative estimate of drug-likeness (QED) is 0.547. The maximum Gasteiger partial charge on any atom is 0.289 e. The average Bonchev–Trinajstić information content (AvgIpc) is 3.10. The third-order valence-corrected chi connectivity index (χ3v) is 5.00. The normalized spacial score (nSPS) is 11.0. The van der Waals surface area contributed by atoms with E-state index in [0.717, 1.165) is 11.3 Å². The average molecular weight is 379 g/mol. The molecule has 0 aliphatic rings. The molecule has 4 nitrogen and oxygen atoms in total. The lowest BCUT2D eigenvalue weighted by Gasteiger charge is -2.09. The van der Waals surface area contributed by atoms with Gasteiger partial charge in [-0.3, -0.25) is 0 Å². The zero-order valence-electron chi connectivity index (χ0n) is 13.3. The van der Waals surface area contributed by atoms with Gasteiger partial charge in [0.15, 0.2) is 0 Å². The van der Waals surface area contributed by atoms with Crippen molar-refractivity contribution in [1.29, 1.82) is 0 Å². The van der Waals surface area contributed by atoms with E-state index in [0.29, 0.717) is 33.3 Å². The van der Waals surface area contributed by atoms with Crippen LogP contribution in [-0.2, 0) is 5.75 Å². The third-order valence-electron chi connectivity index (χ3n) is 3.30. The van der Waals surface area contributed by atoms with E-state index in [-0.39, 0.29) is 0 Å². The Morgan fingerprint density at radius 1 is 1.16 bits per heavy atom. The molecule has 0 unspecified atom stereocenters. The Hall–Kier alpha value is -2.06. The van der Waals surface area contributed by atoms with Crippen LogP contribution < -0.4 is 4.74 Å². The van der Waals surface area contributed by atoms with E-state index in [1.807, 2.05) is 36.4 Å². The summed E-state index contributed by atoms with van der Waals surface area (Å²) in [6.07, 6.45) is 1.67. The Balaban J connectivity index is 1.67. The minimum absolute atomic E-state index is 0.428. The lowest BCUT2D eigenvalue weighted by atomic mass is 10.2. The summed E-state index contributed by atoms with van der Waals surface area (Å²) in [5.41, 5.74) is 1.90. The number of halogens is 2. The number of aromatic nitrogens is 3. The Kier molecular flexibility index (Phi) is 5.93. The largest absolute Gasteiger partial charge is 0.496 e. The molecule has 0 radical (unpaired) electrons. The fraction of sp³-hybridized carbons (Fsp3) is 0.176. The number of thioether (sulfide) groups is 2. The predicted molar refractivity (Wildman–Crippen MR) is 95.8 cm³/mol. The van der Waals surface area contributed by atoms with Gasteiger partial charge in [-0.05, 0) is 29.8 Å².